The highest BCUT2D eigenvalue weighted by Crippen LogP contribution is 2.32. The average molecular weight is 419 g/mol. The van der Waals surface area contributed by atoms with Crippen molar-refractivity contribution in [2.24, 2.45) is 0 Å². The van der Waals surface area contributed by atoms with Crippen LogP contribution in [-0.4, -0.2) is 44.4 Å². The number of likely N-dealkylation sites (tertiary alicyclic amines) is 1. The van der Waals surface area contributed by atoms with Gasteiger partial charge in [0.1, 0.15) is 5.58 Å². The maximum absolute atomic E-state index is 12.5. The fourth-order valence-electron chi connectivity index (χ4n) is 3.73. The minimum absolute atomic E-state index is 0.154. The van der Waals surface area contributed by atoms with E-state index >= 15 is 0 Å². The number of aryl methyl sites for hydroxylation is 1. The normalized spacial score (nSPS) is 14.0. The minimum atomic E-state index is 0.154. The first-order valence-electron chi connectivity index (χ1n) is 10.1. The Bertz CT molecular complexity index is 1160. The first-order chi connectivity index (χ1) is 14.7. The predicted molar refractivity (Wildman–Crippen MR) is 118 cm³/mol. The number of aromatic nitrogens is 3. The van der Waals surface area contributed by atoms with E-state index in [1.54, 1.807) is 0 Å². The Labute approximate surface area is 178 Å². The van der Waals surface area contributed by atoms with Gasteiger partial charge in [0.05, 0.1) is 5.75 Å². The van der Waals surface area contributed by atoms with Crippen molar-refractivity contribution in [1.29, 1.82) is 0 Å². The van der Waals surface area contributed by atoms with E-state index in [0.717, 1.165) is 42.6 Å². The van der Waals surface area contributed by atoms with Crippen molar-refractivity contribution in [3.8, 4) is 17.3 Å². The van der Waals surface area contributed by atoms with Crippen LogP contribution in [0.1, 0.15) is 18.4 Å². The van der Waals surface area contributed by atoms with E-state index in [4.69, 9.17) is 4.42 Å². The summed E-state index contributed by atoms with van der Waals surface area (Å²) in [7, 11) is 0. The summed E-state index contributed by atoms with van der Waals surface area (Å²) in [5, 5.41) is 10.5. The van der Waals surface area contributed by atoms with Crippen LogP contribution in [0.4, 0.5) is 0 Å². The van der Waals surface area contributed by atoms with Crippen LogP contribution < -0.4 is 0 Å². The van der Waals surface area contributed by atoms with Gasteiger partial charge >= 0.3 is 0 Å². The van der Waals surface area contributed by atoms with Crippen LogP contribution in [0.2, 0.25) is 0 Å². The molecule has 7 heteroatoms. The molecule has 2 aromatic carbocycles. The molecule has 30 heavy (non-hydrogen) atoms. The van der Waals surface area contributed by atoms with E-state index < -0.39 is 0 Å². The Kier molecular flexibility index (Phi) is 5.04. The third-order valence-corrected chi connectivity index (χ3v) is 6.27. The number of nitrogens with zero attached hydrogens (tertiary/aromatic N) is 4. The van der Waals surface area contributed by atoms with Crippen LogP contribution >= 0.6 is 11.8 Å². The van der Waals surface area contributed by atoms with Gasteiger partial charge in [-0.2, -0.15) is 0 Å². The molecule has 5 rings (SSSR count). The molecule has 0 radical (unpaired) electrons. The van der Waals surface area contributed by atoms with Crippen molar-refractivity contribution < 1.29 is 9.21 Å². The highest BCUT2D eigenvalue weighted by Gasteiger charge is 2.22. The number of carbonyl (C=O) groups excluding carboxylic acids is 1. The summed E-state index contributed by atoms with van der Waals surface area (Å²) >= 11 is 1.42. The van der Waals surface area contributed by atoms with Crippen LogP contribution in [0.25, 0.3) is 28.2 Å². The molecule has 0 aliphatic carbocycles. The smallest absolute Gasteiger partial charge is 0.233 e. The number of amides is 1. The van der Waals surface area contributed by atoms with Crippen LogP contribution in [0, 0.1) is 6.92 Å². The first-order valence-corrected chi connectivity index (χ1v) is 11.1. The van der Waals surface area contributed by atoms with Gasteiger partial charge in [0.15, 0.2) is 10.9 Å². The summed E-state index contributed by atoms with van der Waals surface area (Å²) in [6, 6.07) is 18.1. The molecule has 1 saturated heterocycles. The zero-order valence-electron chi connectivity index (χ0n) is 16.7. The van der Waals surface area contributed by atoms with Gasteiger partial charge in [-0.15, -0.1) is 10.2 Å². The summed E-state index contributed by atoms with van der Waals surface area (Å²) in [6.45, 7) is 3.77. The lowest BCUT2D eigenvalue weighted by Crippen LogP contribution is -2.29. The molecular weight excluding hydrogens is 396 g/mol. The SMILES string of the molecule is Cc1ccc(-n2c(SCC(=O)N3CCCC3)nnc2-c2cc3ccccc3o2)cc1. The Balaban J connectivity index is 1.52. The lowest BCUT2D eigenvalue weighted by molar-refractivity contribution is -0.127. The van der Waals surface area contributed by atoms with Gasteiger partial charge in [-0.05, 0) is 44.0 Å². The summed E-state index contributed by atoms with van der Waals surface area (Å²) < 4.78 is 8.02. The van der Waals surface area contributed by atoms with Gasteiger partial charge in [-0.25, -0.2) is 0 Å². The average Bonchev–Trinajstić information content (AvgIpc) is 3.51. The second-order valence-electron chi connectivity index (χ2n) is 7.50. The molecule has 1 aliphatic heterocycles. The molecule has 0 saturated carbocycles. The van der Waals surface area contributed by atoms with Gasteiger partial charge in [0.25, 0.3) is 0 Å². The fourth-order valence-corrected chi connectivity index (χ4v) is 4.58. The van der Waals surface area contributed by atoms with Crippen molar-refractivity contribution in [1.82, 2.24) is 19.7 Å². The predicted octanol–water partition coefficient (Wildman–Crippen LogP) is 4.70. The van der Waals surface area contributed by atoms with E-state index in [1.807, 2.05) is 51.9 Å². The molecule has 0 N–H and O–H groups in total. The number of furan rings is 1. The standard InChI is InChI=1S/C23H22N4O2S/c1-16-8-10-18(11-9-16)27-22(20-14-17-6-2-3-7-19(17)29-20)24-25-23(27)30-15-21(28)26-12-4-5-13-26/h2-3,6-11,14H,4-5,12-13,15H2,1H3. The van der Waals surface area contributed by atoms with Crippen molar-refractivity contribution in [3.63, 3.8) is 0 Å². The molecule has 0 spiro atoms. The molecular formula is C23H22N4O2S. The fraction of sp³-hybridized carbons (Fsp3) is 0.261. The second kappa shape index (κ2) is 7.99. The van der Waals surface area contributed by atoms with E-state index in [9.17, 15) is 4.79 Å². The molecule has 0 bridgehead atoms. The van der Waals surface area contributed by atoms with Crippen LogP contribution in [0.3, 0.4) is 0 Å². The number of rotatable bonds is 5. The summed E-state index contributed by atoms with van der Waals surface area (Å²) in [5.41, 5.74) is 2.93. The monoisotopic (exact) mass is 418 g/mol. The Morgan fingerprint density at radius 3 is 2.60 bits per heavy atom. The highest BCUT2D eigenvalue weighted by molar-refractivity contribution is 7.99. The van der Waals surface area contributed by atoms with E-state index in [2.05, 4.69) is 29.3 Å². The zero-order valence-corrected chi connectivity index (χ0v) is 17.6. The van der Waals surface area contributed by atoms with Gasteiger partial charge in [-0.1, -0.05) is 47.7 Å². The van der Waals surface area contributed by atoms with E-state index in [-0.39, 0.29) is 5.91 Å². The number of para-hydroxylation sites is 1. The van der Waals surface area contributed by atoms with Gasteiger partial charge < -0.3 is 9.32 Å². The lowest BCUT2D eigenvalue weighted by Gasteiger charge is -2.15. The number of hydrogen-bond acceptors (Lipinski definition) is 5. The molecule has 1 aliphatic rings. The Morgan fingerprint density at radius 2 is 1.83 bits per heavy atom. The summed E-state index contributed by atoms with van der Waals surface area (Å²) in [6.07, 6.45) is 2.18. The summed E-state index contributed by atoms with van der Waals surface area (Å²) in [5.74, 6) is 1.79. The van der Waals surface area contributed by atoms with E-state index in [1.165, 1.54) is 17.3 Å². The maximum atomic E-state index is 12.5. The molecule has 0 unspecified atom stereocenters. The third-order valence-electron chi connectivity index (χ3n) is 5.35. The molecule has 1 amide bonds. The molecule has 0 atom stereocenters. The highest BCUT2D eigenvalue weighted by atomic mass is 32.2. The first kappa shape index (κ1) is 18.9. The number of carbonyl (C=O) groups is 1. The van der Waals surface area contributed by atoms with Gasteiger partial charge in [0.2, 0.25) is 11.7 Å². The Morgan fingerprint density at radius 1 is 1.07 bits per heavy atom. The zero-order chi connectivity index (χ0) is 20.5. The molecule has 6 nitrogen and oxygen atoms in total. The minimum Gasteiger partial charge on any atom is -0.453 e. The van der Waals surface area contributed by atoms with Crippen molar-refractivity contribution in [2.45, 2.75) is 24.9 Å². The maximum Gasteiger partial charge on any atom is 0.233 e. The molecule has 3 heterocycles. The van der Waals surface area contributed by atoms with Crippen molar-refractivity contribution >= 4 is 28.6 Å². The van der Waals surface area contributed by atoms with Crippen molar-refractivity contribution in [3.05, 3.63) is 60.2 Å². The number of fused-ring (bicyclic) bond motifs is 1. The van der Waals surface area contributed by atoms with E-state index in [0.29, 0.717) is 22.5 Å². The van der Waals surface area contributed by atoms with Gasteiger partial charge in [-0.3, -0.25) is 9.36 Å². The van der Waals surface area contributed by atoms with Crippen LogP contribution in [-0.2, 0) is 4.79 Å². The van der Waals surface area contributed by atoms with Gasteiger partial charge in [0, 0.05) is 24.2 Å². The third kappa shape index (κ3) is 3.61. The molecule has 1 fully saturated rings. The number of thioether (sulfide) groups is 1. The quantitative estimate of drug-likeness (QED) is 0.440. The van der Waals surface area contributed by atoms with Crippen LogP contribution in [0.15, 0.2) is 64.2 Å². The molecule has 2 aromatic heterocycles. The lowest BCUT2D eigenvalue weighted by atomic mass is 10.2. The van der Waals surface area contributed by atoms with Crippen molar-refractivity contribution in [2.75, 3.05) is 18.8 Å². The largest absolute Gasteiger partial charge is 0.453 e. The second-order valence-corrected chi connectivity index (χ2v) is 8.44. The Hall–Kier alpha value is -3.06. The topological polar surface area (TPSA) is 64.2 Å². The number of benzene rings is 2. The molecule has 152 valence electrons. The molecule has 4 aromatic rings. The number of hydrogen-bond donors (Lipinski definition) is 0. The van der Waals surface area contributed by atoms with Crippen LogP contribution in [0.5, 0.6) is 0 Å². The summed E-state index contributed by atoms with van der Waals surface area (Å²) in [4.78, 5) is 14.5.